The molecule has 1 heterocycles. The van der Waals surface area contributed by atoms with E-state index in [2.05, 4.69) is 25.9 Å². The van der Waals surface area contributed by atoms with E-state index in [1.165, 1.54) is 12.4 Å². The standard InChI is InChI=1S/C10H6BrClN2O/c11-8-2-1-6(12)5-7(8)9-10(15)14-4-3-13-9/h1-5H,(H,14,15). The fourth-order valence-corrected chi connectivity index (χ4v) is 1.83. The quantitative estimate of drug-likeness (QED) is 0.876. The molecule has 0 saturated heterocycles. The van der Waals surface area contributed by atoms with Crippen LogP contribution in [0.3, 0.4) is 0 Å². The minimum Gasteiger partial charge on any atom is -0.326 e. The van der Waals surface area contributed by atoms with Crippen molar-refractivity contribution in [2.24, 2.45) is 0 Å². The predicted molar refractivity (Wildman–Crippen MR) is 63.0 cm³/mol. The van der Waals surface area contributed by atoms with Crippen molar-refractivity contribution in [2.75, 3.05) is 0 Å². The molecule has 0 radical (unpaired) electrons. The second kappa shape index (κ2) is 4.16. The molecule has 1 N–H and O–H groups in total. The summed E-state index contributed by atoms with van der Waals surface area (Å²) in [6.07, 6.45) is 3.02. The Hall–Kier alpha value is -1.13. The number of nitrogens with one attached hydrogen (secondary N) is 1. The summed E-state index contributed by atoms with van der Waals surface area (Å²) >= 11 is 9.21. The molecule has 0 bridgehead atoms. The summed E-state index contributed by atoms with van der Waals surface area (Å²) in [6, 6.07) is 5.22. The molecule has 5 heteroatoms. The predicted octanol–water partition coefficient (Wildman–Crippen LogP) is 2.85. The second-order valence-electron chi connectivity index (χ2n) is 2.89. The van der Waals surface area contributed by atoms with Gasteiger partial charge in [-0.15, -0.1) is 0 Å². The molecular weight excluding hydrogens is 279 g/mol. The first-order valence-electron chi connectivity index (χ1n) is 4.17. The zero-order chi connectivity index (χ0) is 10.8. The molecule has 1 aromatic carbocycles. The maximum absolute atomic E-state index is 11.5. The zero-order valence-corrected chi connectivity index (χ0v) is 9.84. The van der Waals surface area contributed by atoms with Crippen LogP contribution in [0, 0.1) is 0 Å². The average Bonchev–Trinajstić information content (AvgIpc) is 2.23. The van der Waals surface area contributed by atoms with Crippen LogP contribution in [0.2, 0.25) is 5.02 Å². The fourth-order valence-electron chi connectivity index (χ4n) is 1.22. The van der Waals surface area contributed by atoms with E-state index in [1.807, 2.05) is 0 Å². The van der Waals surface area contributed by atoms with Gasteiger partial charge in [-0.25, -0.2) is 4.98 Å². The molecule has 0 fully saturated rings. The number of halogens is 2. The van der Waals surface area contributed by atoms with Gasteiger partial charge in [-0.1, -0.05) is 27.5 Å². The average molecular weight is 286 g/mol. The maximum Gasteiger partial charge on any atom is 0.274 e. The Labute approximate surface area is 99.3 Å². The minimum absolute atomic E-state index is 0.236. The smallest absolute Gasteiger partial charge is 0.274 e. The lowest BCUT2D eigenvalue weighted by molar-refractivity contribution is 1.14. The molecule has 15 heavy (non-hydrogen) atoms. The lowest BCUT2D eigenvalue weighted by atomic mass is 10.1. The van der Waals surface area contributed by atoms with Gasteiger partial charge in [0.2, 0.25) is 0 Å². The highest BCUT2D eigenvalue weighted by molar-refractivity contribution is 9.10. The maximum atomic E-state index is 11.5. The third kappa shape index (κ3) is 2.11. The zero-order valence-electron chi connectivity index (χ0n) is 7.50. The van der Waals surface area contributed by atoms with Crippen LogP contribution in [0.1, 0.15) is 0 Å². The van der Waals surface area contributed by atoms with Gasteiger partial charge in [0.05, 0.1) is 0 Å². The Morgan fingerprint density at radius 2 is 2.20 bits per heavy atom. The van der Waals surface area contributed by atoms with Crippen LogP contribution in [0.5, 0.6) is 0 Å². The van der Waals surface area contributed by atoms with Gasteiger partial charge in [-0.3, -0.25) is 4.79 Å². The Balaban J connectivity index is 2.69. The summed E-state index contributed by atoms with van der Waals surface area (Å²) in [5.41, 5.74) is 0.802. The third-order valence-electron chi connectivity index (χ3n) is 1.89. The van der Waals surface area contributed by atoms with Gasteiger partial charge in [0.25, 0.3) is 5.56 Å². The number of hydrogen-bond acceptors (Lipinski definition) is 2. The molecule has 0 unspecified atom stereocenters. The lowest BCUT2D eigenvalue weighted by Gasteiger charge is -2.02. The van der Waals surface area contributed by atoms with Gasteiger partial charge in [0.1, 0.15) is 5.69 Å². The molecule has 0 atom stereocenters. The molecule has 2 rings (SSSR count). The number of hydrogen-bond donors (Lipinski definition) is 1. The van der Waals surface area contributed by atoms with E-state index in [1.54, 1.807) is 18.2 Å². The Morgan fingerprint density at radius 3 is 2.93 bits per heavy atom. The summed E-state index contributed by atoms with van der Waals surface area (Å²) in [4.78, 5) is 18.1. The van der Waals surface area contributed by atoms with Crippen LogP contribution in [0.25, 0.3) is 11.3 Å². The van der Waals surface area contributed by atoms with E-state index < -0.39 is 0 Å². The van der Waals surface area contributed by atoms with Crippen LogP contribution in [-0.4, -0.2) is 9.97 Å². The van der Waals surface area contributed by atoms with Crippen molar-refractivity contribution in [1.29, 1.82) is 0 Å². The highest BCUT2D eigenvalue weighted by Crippen LogP contribution is 2.27. The van der Waals surface area contributed by atoms with Gasteiger partial charge < -0.3 is 4.98 Å². The van der Waals surface area contributed by atoms with E-state index >= 15 is 0 Å². The van der Waals surface area contributed by atoms with Gasteiger partial charge in [0.15, 0.2) is 0 Å². The second-order valence-corrected chi connectivity index (χ2v) is 4.18. The van der Waals surface area contributed by atoms with Crippen molar-refractivity contribution in [3.8, 4) is 11.3 Å². The summed E-state index contributed by atoms with van der Waals surface area (Å²) in [7, 11) is 0. The van der Waals surface area contributed by atoms with E-state index in [0.717, 1.165) is 4.47 Å². The molecule has 0 aliphatic heterocycles. The molecule has 0 saturated carbocycles. The normalized spacial score (nSPS) is 10.3. The molecule has 0 aliphatic carbocycles. The topological polar surface area (TPSA) is 45.8 Å². The largest absolute Gasteiger partial charge is 0.326 e. The summed E-state index contributed by atoms with van der Waals surface area (Å²) < 4.78 is 0.788. The number of benzene rings is 1. The van der Waals surface area contributed by atoms with Crippen LogP contribution in [-0.2, 0) is 0 Å². The monoisotopic (exact) mass is 284 g/mol. The molecule has 0 amide bonds. The third-order valence-corrected chi connectivity index (χ3v) is 2.82. The summed E-state index contributed by atoms with van der Waals surface area (Å²) in [6.45, 7) is 0. The van der Waals surface area contributed by atoms with Crippen LogP contribution >= 0.6 is 27.5 Å². The lowest BCUT2D eigenvalue weighted by Crippen LogP contribution is -2.09. The number of aromatic nitrogens is 2. The first-order chi connectivity index (χ1) is 7.18. The van der Waals surface area contributed by atoms with Gasteiger partial charge in [0, 0.05) is 27.5 Å². The Kier molecular flexibility index (Phi) is 2.88. The Morgan fingerprint density at radius 1 is 1.40 bits per heavy atom. The van der Waals surface area contributed by atoms with Crippen LogP contribution in [0.4, 0.5) is 0 Å². The van der Waals surface area contributed by atoms with Crippen LogP contribution in [0.15, 0.2) is 39.9 Å². The van der Waals surface area contributed by atoms with Crippen molar-refractivity contribution in [2.45, 2.75) is 0 Å². The number of nitrogens with zero attached hydrogens (tertiary/aromatic N) is 1. The first-order valence-corrected chi connectivity index (χ1v) is 5.34. The highest BCUT2D eigenvalue weighted by atomic mass is 79.9. The first kappa shape index (κ1) is 10.4. The fraction of sp³-hybridized carbons (Fsp3) is 0. The minimum atomic E-state index is -0.236. The highest BCUT2D eigenvalue weighted by Gasteiger charge is 2.08. The molecule has 0 aliphatic rings. The summed E-state index contributed by atoms with van der Waals surface area (Å²) in [5.74, 6) is 0. The van der Waals surface area contributed by atoms with E-state index in [-0.39, 0.29) is 5.56 Å². The molecule has 76 valence electrons. The molecule has 0 spiro atoms. The van der Waals surface area contributed by atoms with Gasteiger partial charge >= 0.3 is 0 Å². The number of rotatable bonds is 1. The molecular formula is C10H6BrClN2O. The van der Waals surface area contributed by atoms with E-state index in [9.17, 15) is 4.79 Å². The van der Waals surface area contributed by atoms with E-state index in [4.69, 9.17) is 11.6 Å². The van der Waals surface area contributed by atoms with Crippen molar-refractivity contribution in [1.82, 2.24) is 9.97 Å². The number of aromatic amines is 1. The van der Waals surface area contributed by atoms with Crippen LogP contribution < -0.4 is 5.56 Å². The van der Waals surface area contributed by atoms with Crippen molar-refractivity contribution in [3.63, 3.8) is 0 Å². The van der Waals surface area contributed by atoms with Crippen molar-refractivity contribution >= 4 is 27.5 Å². The van der Waals surface area contributed by atoms with Gasteiger partial charge in [-0.05, 0) is 18.2 Å². The summed E-state index contributed by atoms with van der Waals surface area (Å²) in [5, 5.41) is 0.568. The molecule has 1 aromatic heterocycles. The number of H-pyrrole nitrogens is 1. The van der Waals surface area contributed by atoms with Crippen molar-refractivity contribution in [3.05, 3.63) is 50.4 Å². The van der Waals surface area contributed by atoms with E-state index in [0.29, 0.717) is 16.3 Å². The van der Waals surface area contributed by atoms with Crippen molar-refractivity contribution < 1.29 is 0 Å². The SMILES string of the molecule is O=c1[nH]ccnc1-c1cc(Cl)ccc1Br. The Bertz CT molecular complexity index is 553. The molecule has 3 nitrogen and oxygen atoms in total. The van der Waals surface area contributed by atoms with Gasteiger partial charge in [-0.2, -0.15) is 0 Å². The molecule has 2 aromatic rings.